The van der Waals surface area contributed by atoms with E-state index in [9.17, 15) is 0 Å². The topological polar surface area (TPSA) is 12.0 Å². The molecule has 0 bridgehead atoms. The van der Waals surface area contributed by atoms with Crippen molar-refractivity contribution in [3.05, 3.63) is 12.2 Å². The van der Waals surface area contributed by atoms with Crippen LogP contribution in [0, 0.1) is 11.3 Å². The highest BCUT2D eigenvalue weighted by Crippen LogP contribution is 2.14. The monoisotopic (exact) mass is 183 g/mol. The van der Waals surface area contributed by atoms with E-state index < -0.39 is 0 Å². The molecule has 0 aliphatic heterocycles. The van der Waals surface area contributed by atoms with Crippen LogP contribution in [0.2, 0.25) is 0 Å². The van der Waals surface area contributed by atoms with Gasteiger partial charge in [-0.15, -0.1) is 0 Å². The van der Waals surface area contributed by atoms with Gasteiger partial charge in [-0.1, -0.05) is 46.8 Å². The number of hydrogen-bond donors (Lipinski definition) is 1. The first-order valence-corrected chi connectivity index (χ1v) is 5.30. The van der Waals surface area contributed by atoms with Crippen LogP contribution in [0.5, 0.6) is 0 Å². The van der Waals surface area contributed by atoms with Crippen molar-refractivity contribution in [3.63, 3.8) is 0 Å². The van der Waals surface area contributed by atoms with Crippen LogP contribution in [0.4, 0.5) is 0 Å². The SMILES string of the molecule is CC(C)CNCCC=CC(C)(C)C. The summed E-state index contributed by atoms with van der Waals surface area (Å²) in [6, 6.07) is 0. The van der Waals surface area contributed by atoms with Crippen LogP contribution >= 0.6 is 0 Å². The van der Waals surface area contributed by atoms with Gasteiger partial charge in [-0.25, -0.2) is 0 Å². The summed E-state index contributed by atoms with van der Waals surface area (Å²) in [5.41, 5.74) is 0.331. The highest BCUT2D eigenvalue weighted by molar-refractivity contribution is 4.92. The van der Waals surface area contributed by atoms with Crippen LogP contribution in [0.3, 0.4) is 0 Å². The second kappa shape index (κ2) is 6.20. The third kappa shape index (κ3) is 11.7. The van der Waals surface area contributed by atoms with Crippen molar-refractivity contribution in [1.82, 2.24) is 5.32 Å². The number of nitrogens with one attached hydrogen (secondary N) is 1. The van der Waals surface area contributed by atoms with Crippen LogP contribution in [-0.2, 0) is 0 Å². The molecule has 1 heteroatoms. The Morgan fingerprint density at radius 2 is 1.85 bits per heavy atom. The zero-order valence-corrected chi connectivity index (χ0v) is 9.85. The lowest BCUT2D eigenvalue weighted by molar-refractivity contribution is 0.536. The molecule has 0 heterocycles. The van der Waals surface area contributed by atoms with Crippen LogP contribution < -0.4 is 5.32 Å². The summed E-state index contributed by atoms with van der Waals surface area (Å²) in [6.07, 6.45) is 5.70. The molecule has 13 heavy (non-hydrogen) atoms. The lowest BCUT2D eigenvalue weighted by atomic mass is 9.96. The Morgan fingerprint density at radius 1 is 1.23 bits per heavy atom. The summed E-state index contributed by atoms with van der Waals surface area (Å²) in [6.45, 7) is 13.4. The molecule has 0 rings (SSSR count). The Balaban J connectivity index is 3.31. The van der Waals surface area contributed by atoms with E-state index in [0.717, 1.165) is 25.4 Å². The molecule has 0 spiro atoms. The number of hydrogen-bond acceptors (Lipinski definition) is 1. The van der Waals surface area contributed by atoms with Crippen LogP contribution in [0.25, 0.3) is 0 Å². The second-order valence-electron chi connectivity index (χ2n) is 5.16. The van der Waals surface area contributed by atoms with Crippen molar-refractivity contribution < 1.29 is 0 Å². The predicted molar refractivity (Wildman–Crippen MR) is 60.9 cm³/mol. The number of rotatable bonds is 5. The van der Waals surface area contributed by atoms with Gasteiger partial charge in [-0.05, 0) is 30.8 Å². The van der Waals surface area contributed by atoms with Gasteiger partial charge in [-0.3, -0.25) is 0 Å². The van der Waals surface area contributed by atoms with Crippen LogP contribution in [0.1, 0.15) is 41.0 Å². The lowest BCUT2D eigenvalue weighted by Crippen LogP contribution is -2.20. The molecule has 0 aliphatic rings. The molecular formula is C12H25N. The number of allylic oxidation sites excluding steroid dienone is 1. The molecule has 0 amide bonds. The van der Waals surface area contributed by atoms with Crippen LogP contribution in [0.15, 0.2) is 12.2 Å². The molecule has 0 aliphatic carbocycles. The van der Waals surface area contributed by atoms with E-state index in [1.54, 1.807) is 0 Å². The summed E-state index contributed by atoms with van der Waals surface area (Å²) in [7, 11) is 0. The fraction of sp³-hybridized carbons (Fsp3) is 0.833. The Hall–Kier alpha value is -0.300. The van der Waals surface area contributed by atoms with Gasteiger partial charge >= 0.3 is 0 Å². The fourth-order valence-corrected chi connectivity index (χ4v) is 1.01. The zero-order valence-electron chi connectivity index (χ0n) is 9.85. The molecule has 78 valence electrons. The van der Waals surface area contributed by atoms with E-state index in [1.165, 1.54) is 0 Å². The molecule has 1 N–H and O–H groups in total. The van der Waals surface area contributed by atoms with Gasteiger partial charge in [0, 0.05) is 0 Å². The highest BCUT2D eigenvalue weighted by atomic mass is 14.8. The first kappa shape index (κ1) is 12.7. The van der Waals surface area contributed by atoms with E-state index in [4.69, 9.17) is 0 Å². The van der Waals surface area contributed by atoms with Gasteiger partial charge in [0.1, 0.15) is 0 Å². The standard InChI is InChI=1S/C12H25N/c1-11(2)10-13-9-7-6-8-12(3,4)5/h6,8,11,13H,7,9-10H2,1-5H3. The molecule has 1 nitrogen and oxygen atoms in total. The van der Waals surface area contributed by atoms with Crippen LogP contribution in [-0.4, -0.2) is 13.1 Å². The van der Waals surface area contributed by atoms with E-state index in [2.05, 4.69) is 52.1 Å². The van der Waals surface area contributed by atoms with Crippen molar-refractivity contribution in [3.8, 4) is 0 Å². The predicted octanol–water partition coefficient (Wildman–Crippen LogP) is 3.22. The molecule has 0 unspecified atom stereocenters. The van der Waals surface area contributed by atoms with Gasteiger partial charge in [0.25, 0.3) is 0 Å². The van der Waals surface area contributed by atoms with Gasteiger partial charge < -0.3 is 5.32 Å². The summed E-state index contributed by atoms with van der Waals surface area (Å²) in [5, 5.41) is 3.42. The maximum atomic E-state index is 3.42. The smallest absolute Gasteiger partial charge is 0.00142 e. The molecule has 0 saturated heterocycles. The summed E-state index contributed by atoms with van der Waals surface area (Å²) >= 11 is 0. The normalized spacial score (nSPS) is 13.1. The van der Waals surface area contributed by atoms with Crippen molar-refractivity contribution >= 4 is 0 Å². The van der Waals surface area contributed by atoms with Gasteiger partial charge in [-0.2, -0.15) is 0 Å². The second-order valence-corrected chi connectivity index (χ2v) is 5.16. The van der Waals surface area contributed by atoms with Crippen molar-refractivity contribution in [2.75, 3.05) is 13.1 Å². The average Bonchev–Trinajstić information content (AvgIpc) is 1.93. The Labute approximate surface area is 83.6 Å². The summed E-state index contributed by atoms with van der Waals surface area (Å²) in [4.78, 5) is 0. The van der Waals surface area contributed by atoms with Gasteiger partial charge in [0.15, 0.2) is 0 Å². The Bertz CT molecular complexity index is 140. The quantitative estimate of drug-likeness (QED) is 0.510. The minimum atomic E-state index is 0.331. The van der Waals surface area contributed by atoms with E-state index >= 15 is 0 Å². The zero-order chi connectivity index (χ0) is 10.3. The maximum Gasteiger partial charge on any atom is -0.00142 e. The van der Waals surface area contributed by atoms with Crippen molar-refractivity contribution in [1.29, 1.82) is 0 Å². The third-order valence-corrected chi connectivity index (χ3v) is 1.66. The molecule has 0 fully saturated rings. The first-order chi connectivity index (χ1) is 5.92. The maximum absolute atomic E-state index is 3.42. The molecule has 0 aromatic rings. The molecule has 0 atom stereocenters. The minimum Gasteiger partial charge on any atom is -0.316 e. The molecule has 0 saturated carbocycles. The largest absolute Gasteiger partial charge is 0.316 e. The Kier molecular flexibility index (Phi) is 6.06. The minimum absolute atomic E-state index is 0.331. The summed E-state index contributed by atoms with van der Waals surface area (Å²) < 4.78 is 0. The molecular weight excluding hydrogens is 158 g/mol. The van der Waals surface area contributed by atoms with E-state index in [0.29, 0.717) is 5.41 Å². The molecule has 0 aromatic heterocycles. The van der Waals surface area contributed by atoms with Gasteiger partial charge in [0.2, 0.25) is 0 Å². The molecule has 0 aromatic carbocycles. The van der Waals surface area contributed by atoms with Crippen molar-refractivity contribution in [2.45, 2.75) is 41.0 Å². The highest BCUT2D eigenvalue weighted by Gasteiger charge is 2.02. The fourth-order valence-electron chi connectivity index (χ4n) is 1.01. The first-order valence-electron chi connectivity index (χ1n) is 5.30. The van der Waals surface area contributed by atoms with Gasteiger partial charge in [0.05, 0.1) is 0 Å². The van der Waals surface area contributed by atoms with E-state index in [-0.39, 0.29) is 0 Å². The third-order valence-electron chi connectivity index (χ3n) is 1.66. The lowest BCUT2D eigenvalue weighted by Gasteiger charge is -2.11. The summed E-state index contributed by atoms with van der Waals surface area (Å²) in [5.74, 6) is 0.756. The molecule has 0 radical (unpaired) electrons. The average molecular weight is 183 g/mol. The Morgan fingerprint density at radius 3 is 2.31 bits per heavy atom. The van der Waals surface area contributed by atoms with E-state index in [1.807, 2.05) is 0 Å². The van der Waals surface area contributed by atoms with Crippen molar-refractivity contribution in [2.24, 2.45) is 11.3 Å².